The zero-order valence-corrected chi connectivity index (χ0v) is 23.3. The lowest BCUT2D eigenvalue weighted by atomic mass is 9.49. The maximum atomic E-state index is 13.5. The van der Waals surface area contributed by atoms with Crippen molar-refractivity contribution in [1.82, 2.24) is 10.4 Å². The topological polar surface area (TPSA) is 92.6 Å². The zero-order chi connectivity index (χ0) is 26.6. The lowest BCUT2D eigenvalue weighted by molar-refractivity contribution is -0.387. The highest BCUT2D eigenvalue weighted by molar-refractivity contribution is 8.26. The van der Waals surface area contributed by atoms with E-state index in [4.69, 9.17) is 12.2 Å². The Hall–Kier alpha value is -2.69. The maximum absolute atomic E-state index is 13.5. The first-order valence-electron chi connectivity index (χ1n) is 12.8. The van der Waals surface area contributed by atoms with E-state index in [9.17, 15) is 19.7 Å². The molecule has 1 heterocycles. The van der Waals surface area contributed by atoms with Crippen LogP contribution in [-0.2, 0) is 9.59 Å². The highest BCUT2D eigenvalue weighted by Gasteiger charge is 2.55. The quantitative estimate of drug-likeness (QED) is 0.185. The van der Waals surface area contributed by atoms with E-state index in [2.05, 4.69) is 5.43 Å². The van der Waals surface area contributed by atoms with Gasteiger partial charge in [0.1, 0.15) is 0 Å². The van der Waals surface area contributed by atoms with Gasteiger partial charge in [-0.15, -0.1) is 0 Å². The molecule has 1 aliphatic heterocycles. The fourth-order valence-electron chi connectivity index (χ4n) is 6.91. The van der Waals surface area contributed by atoms with Crippen LogP contribution in [0.5, 0.6) is 0 Å². The van der Waals surface area contributed by atoms with Gasteiger partial charge in [-0.25, -0.2) is 0 Å². The van der Waals surface area contributed by atoms with Crippen molar-refractivity contribution in [3.05, 3.63) is 68.6 Å². The molecule has 2 amide bonds. The second-order valence-corrected chi connectivity index (χ2v) is 13.8. The van der Waals surface area contributed by atoms with Gasteiger partial charge in [-0.05, 0) is 105 Å². The number of aryl methyl sites for hydroxylation is 1. The van der Waals surface area contributed by atoms with Crippen molar-refractivity contribution in [3.8, 4) is 0 Å². The summed E-state index contributed by atoms with van der Waals surface area (Å²) in [6, 6.07) is 12.7. The number of hydrogen-bond donors (Lipinski definition) is 1. The number of thiocarbonyl (C=S) groups is 1. The highest BCUT2D eigenvalue weighted by Crippen LogP contribution is 2.60. The third-order valence-corrected chi connectivity index (χ3v) is 10.6. The molecule has 4 saturated carbocycles. The second kappa shape index (κ2) is 9.81. The van der Waals surface area contributed by atoms with Crippen molar-refractivity contribution in [2.75, 3.05) is 0 Å². The third-order valence-electron chi connectivity index (χ3n) is 8.25. The van der Waals surface area contributed by atoms with Crippen molar-refractivity contribution in [2.45, 2.75) is 55.2 Å². The lowest BCUT2D eigenvalue weighted by Crippen LogP contribution is -2.57. The van der Waals surface area contributed by atoms with Gasteiger partial charge in [0.05, 0.1) is 20.1 Å². The largest absolute Gasteiger partial charge is 0.285 e. The van der Waals surface area contributed by atoms with Gasteiger partial charge in [0.15, 0.2) is 4.32 Å². The first-order chi connectivity index (χ1) is 18.2. The number of hydrogen-bond acceptors (Lipinski definition) is 7. The molecule has 196 valence electrons. The molecule has 0 atom stereocenters. The number of hydrazine groups is 1. The van der Waals surface area contributed by atoms with Crippen LogP contribution in [0, 0.1) is 40.2 Å². The molecule has 7 nitrogen and oxygen atoms in total. The Morgan fingerprint density at radius 2 is 1.76 bits per heavy atom. The van der Waals surface area contributed by atoms with E-state index in [1.807, 2.05) is 31.2 Å². The van der Waals surface area contributed by atoms with E-state index in [1.165, 1.54) is 42.1 Å². The fourth-order valence-corrected chi connectivity index (χ4v) is 8.99. The monoisotopic (exact) mass is 565 g/mol. The Morgan fingerprint density at radius 3 is 2.37 bits per heavy atom. The fraction of sp³-hybridized carbons (Fsp3) is 0.393. The molecular formula is C28H27N3O4S3. The first kappa shape index (κ1) is 25.6. The number of nitro groups is 1. The van der Waals surface area contributed by atoms with Crippen molar-refractivity contribution < 1.29 is 14.5 Å². The van der Waals surface area contributed by atoms with Gasteiger partial charge >= 0.3 is 0 Å². The summed E-state index contributed by atoms with van der Waals surface area (Å²) in [4.78, 5) is 39.9. The Bertz CT molecular complexity index is 1350. The van der Waals surface area contributed by atoms with E-state index in [0.29, 0.717) is 33.1 Å². The molecular weight excluding hydrogens is 539 g/mol. The van der Waals surface area contributed by atoms with Gasteiger partial charge < -0.3 is 0 Å². The molecule has 7 rings (SSSR count). The third kappa shape index (κ3) is 4.78. The summed E-state index contributed by atoms with van der Waals surface area (Å²) in [5.41, 5.74) is 4.07. The van der Waals surface area contributed by atoms with Crippen LogP contribution in [-0.4, -0.2) is 26.1 Å². The van der Waals surface area contributed by atoms with Crippen LogP contribution >= 0.6 is 35.7 Å². The number of amides is 2. The van der Waals surface area contributed by atoms with E-state index < -0.39 is 16.2 Å². The Balaban J connectivity index is 1.19. The van der Waals surface area contributed by atoms with Crippen molar-refractivity contribution in [3.63, 3.8) is 0 Å². The van der Waals surface area contributed by atoms with E-state index in [-0.39, 0.29) is 15.9 Å². The molecule has 2 aromatic rings. The second-order valence-electron chi connectivity index (χ2n) is 11.1. The summed E-state index contributed by atoms with van der Waals surface area (Å²) < 4.78 is 0.264. The Labute approximate surface area is 234 Å². The molecule has 0 unspecified atom stereocenters. The predicted molar refractivity (Wildman–Crippen MR) is 152 cm³/mol. The predicted octanol–water partition coefficient (Wildman–Crippen LogP) is 6.50. The molecule has 38 heavy (non-hydrogen) atoms. The standard InChI is InChI=1S/C28H27N3O4S3/c1-16-2-5-21(6-3-16)37-23-7-4-17(11-22(23)31(34)35)12-24-25(32)30(27(36)38-24)29-26(33)28-13-18-8-19(14-28)10-20(9-18)15-28/h2-7,11-12,18-20H,8-10,13-15H2,1H3,(H,29,33). The number of nitro benzene ring substituents is 1. The SMILES string of the molecule is Cc1ccc(Sc2ccc(C=C3SC(=S)N(NC(=O)C45CC6CC(CC(C6)C4)C5)C3=O)cc2[N+](=O)[O-])cc1. The number of thioether (sulfide) groups is 1. The van der Waals surface area contributed by atoms with Crippen molar-refractivity contribution in [2.24, 2.45) is 23.2 Å². The van der Waals surface area contributed by atoms with Crippen LogP contribution in [0.4, 0.5) is 5.69 Å². The van der Waals surface area contributed by atoms with Gasteiger partial charge in [-0.3, -0.25) is 25.1 Å². The smallest absolute Gasteiger partial charge is 0.273 e. The van der Waals surface area contributed by atoms with E-state index in [0.717, 1.165) is 41.5 Å². The number of carbonyl (C=O) groups excluding carboxylic acids is 2. The molecule has 0 aromatic heterocycles. The minimum atomic E-state index is -0.412. The molecule has 0 radical (unpaired) electrons. The summed E-state index contributed by atoms with van der Waals surface area (Å²) in [5.74, 6) is 1.34. The van der Waals surface area contributed by atoms with Crippen LogP contribution in [0.2, 0.25) is 0 Å². The van der Waals surface area contributed by atoms with Crippen molar-refractivity contribution >= 4 is 63.6 Å². The van der Waals surface area contributed by atoms with E-state index in [1.54, 1.807) is 18.2 Å². The van der Waals surface area contributed by atoms with Crippen molar-refractivity contribution in [1.29, 1.82) is 0 Å². The van der Waals surface area contributed by atoms with Crippen LogP contribution < -0.4 is 5.43 Å². The number of nitrogens with one attached hydrogen (secondary N) is 1. The summed E-state index contributed by atoms with van der Waals surface area (Å²) in [6.45, 7) is 1.99. The molecule has 1 saturated heterocycles. The van der Waals surface area contributed by atoms with Gasteiger partial charge in [-0.2, -0.15) is 5.01 Å². The minimum Gasteiger partial charge on any atom is -0.273 e. The molecule has 5 aliphatic rings. The number of nitrogens with zero attached hydrogens (tertiary/aromatic N) is 2. The lowest BCUT2D eigenvalue weighted by Gasteiger charge is -2.55. The molecule has 4 bridgehead atoms. The number of carbonyl (C=O) groups is 2. The molecule has 4 aliphatic carbocycles. The number of benzene rings is 2. The molecule has 1 N–H and O–H groups in total. The van der Waals surface area contributed by atoms with Crippen LogP contribution in [0.3, 0.4) is 0 Å². The average Bonchev–Trinajstić information content (AvgIpc) is 3.12. The summed E-state index contributed by atoms with van der Waals surface area (Å²) in [5, 5.41) is 13.0. The summed E-state index contributed by atoms with van der Waals surface area (Å²) >= 11 is 7.86. The van der Waals surface area contributed by atoms with Gasteiger partial charge in [0, 0.05) is 11.0 Å². The summed E-state index contributed by atoms with van der Waals surface area (Å²) in [7, 11) is 0. The molecule has 2 aromatic carbocycles. The van der Waals surface area contributed by atoms with E-state index >= 15 is 0 Å². The zero-order valence-electron chi connectivity index (χ0n) is 20.8. The molecule has 10 heteroatoms. The normalized spacial score (nSPS) is 28.8. The Morgan fingerprint density at radius 1 is 1.13 bits per heavy atom. The summed E-state index contributed by atoms with van der Waals surface area (Å²) in [6.07, 6.45) is 7.97. The van der Waals surface area contributed by atoms with Gasteiger partial charge in [-0.1, -0.05) is 47.3 Å². The highest BCUT2D eigenvalue weighted by atomic mass is 32.2. The van der Waals surface area contributed by atoms with Gasteiger partial charge in [0.2, 0.25) is 5.91 Å². The first-order valence-corrected chi connectivity index (χ1v) is 14.9. The molecule has 5 fully saturated rings. The van der Waals surface area contributed by atoms with Crippen LogP contribution in [0.1, 0.15) is 49.7 Å². The van der Waals surface area contributed by atoms with Crippen LogP contribution in [0.25, 0.3) is 6.08 Å². The van der Waals surface area contributed by atoms with Crippen LogP contribution in [0.15, 0.2) is 57.2 Å². The molecule has 0 spiro atoms. The van der Waals surface area contributed by atoms with Gasteiger partial charge in [0.25, 0.3) is 11.6 Å². The average molecular weight is 566 g/mol. The number of rotatable bonds is 6. The minimum absolute atomic E-state index is 0.0325. The maximum Gasteiger partial charge on any atom is 0.285 e. The Kier molecular flexibility index (Phi) is 6.60.